The number of unbranched alkanes of at least 4 members (excludes halogenated alkanes) is 2. The van der Waals surface area contributed by atoms with Crippen molar-refractivity contribution in [2.45, 2.75) is 36.9 Å². The predicted octanol–water partition coefficient (Wildman–Crippen LogP) is 3.68. The topological polar surface area (TPSA) is 26.3 Å². The molecule has 0 aliphatic heterocycles. The predicted molar refractivity (Wildman–Crippen MR) is 63.3 cm³/mol. The van der Waals surface area contributed by atoms with Gasteiger partial charge in [0.2, 0.25) is 4.33 Å². The summed E-state index contributed by atoms with van der Waals surface area (Å²) in [4.78, 5) is 11.2. The number of rotatable bonds is 7. The second kappa shape index (κ2) is 7.77. The Kier molecular flexibility index (Phi) is 8.07. The highest BCUT2D eigenvalue weighted by molar-refractivity contribution is 9.09. The Morgan fingerprint density at radius 2 is 2.00 bits per heavy atom. The summed E-state index contributed by atoms with van der Waals surface area (Å²) in [6.07, 6.45) is 3.35. The van der Waals surface area contributed by atoms with Crippen LogP contribution in [0, 0.1) is 0 Å². The Morgan fingerprint density at radius 3 is 2.50 bits per heavy atom. The normalized spacial score (nSPS) is 11.4. The van der Waals surface area contributed by atoms with E-state index < -0.39 is 10.3 Å². The van der Waals surface area contributed by atoms with Crippen molar-refractivity contribution >= 4 is 45.1 Å². The van der Waals surface area contributed by atoms with Gasteiger partial charge >= 0.3 is 5.97 Å². The molecule has 2 nitrogen and oxygen atoms in total. The van der Waals surface area contributed by atoms with Crippen molar-refractivity contribution in [2.24, 2.45) is 0 Å². The Labute approximate surface area is 103 Å². The summed E-state index contributed by atoms with van der Waals surface area (Å²) < 4.78 is 3.38. The number of hydrogen-bond donors (Lipinski definition) is 0. The van der Waals surface area contributed by atoms with E-state index >= 15 is 0 Å². The zero-order valence-electron chi connectivity index (χ0n) is 8.19. The minimum atomic E-state index is -1.37. The molecule has 0 atom stereocenters. The summed E-state index contributed by atoms with van der Waals surface area (Å²) in [5.41, 5.74) is 0. The summed E-state index contributed by atoms with van der Waals surface area (Å²) in [7, 11) is 0. The van der Waals surface area contributed by atoms with Gasteiger partial charge in [-0.3, -0.25) is 0 Å². The lowest BCUT2D eigenvalue weighted by atomic mass is 10.1. The highest BCUT2D eigenvalue weighted by Gasteiger charge is 2.34. The molecule has 14 heavy (non-hydrogen) atoms. The molecule has 0 unspecified atom stereocenters. The van der Waals surface area contributed by atoms with Gasteiger partial charge in [-0.1, -0.05) is 45.6 Å². The average molecular weight is 306 g/mol. The maximum absolute atomic E-state index is 11.2. The van der Waals surface area contributed by atoms with Crippen molar-refractivity contribution in [2.75, 3.05) is 11.9 Å². The molecule has 0 aromatic rings. The van der Waals surface area contributed by atoms with Crippen LogP contribution in [0.2, 0.25) is 0 Å². The first-order valence-electron chi connectivity index (χ1n) is 4.65. The van der Waals surface area contributed by atoms with E-state index in [1.165, 1.54) is 0 Å². The van der Waals surface area contributed by atoms with E-state index in [4.69, 9.17) is 27.9 Å². The molecular weight excluding hydrogens is 291 g/mol. The summed E-state index contributed by atoms with van der Waals surface area (Å²) in [6.45, 7) is 2.04. The molecule has 5 heteroatoms. The largest absolute Gasteiger partial charge is 0.464 e. The third-order valence-electron chi connectivity index (χ3n) is 1.70. The van der Waals surface area contributed by atoms with E-state index in [2.05, 4.69) is 15.9 Å². The van der Waals surface area contributed by atoms with Gasteiger partial charge in [-0.25, -0.2) is 4.79 Å². The van der Waals surface area contributed by atoms with Crippen LogP contribution in [0.3, 0.4) is 0 Å². The second-order valence-electron chi connectivity index (χ2n) is 2.92. The van der Waals surface area contributed by atoms with Crippen LogP contribution >= 0.6 is 39.1 Å². The fourth-order valence-electron chi connectivity index (χ4n) is 0.957. The number of carbonyl (C=O) groups excluding carboxylic acids is 1. The highest BCUT2D eigenvalue weighted by atomic mass is 79.9. The maximum Gasteiger partial charge on any atom is 0.342 e. The zero-order valence-corrected chi connectivity index (χ0v) is 11.3. The van der Waals surface area contributed by atoms with Crippen LogP contribution in [0.5, 0.6) is 0 Å². The minimum Gasteiger partial charge on any atom is -0.464 e. The van der Waals surface area contributed by atoms with E-state index in [-0.39, 0.29) is 0 Å². The molecule has 0 aromatic heterocycles. The van der Waals surface area contributed by atoms with Crippen molar-refractivity contribution in [3.63, 3.8) is 0 Å². The molecule has 0 fully saturated rings. The molecule has 0 bridgehead atoms. The van der Waals surface area contributed by atoms with Crippen molar-refractivity contribution < 1.29 is 9.53 Å². The van der Waals surface area contributed by atoms with Gasteiger partial charge in [0.05, 0.1) is 6.61 Å². The van der Waals surface area contributed by atoms with E-state index in [1.807, 2.05) is 0 Å². The smallest absolute Gasteiger partial charge is 0.342 e. The Hall–Kier alpha value is 0.530. The first-order chi connectivity index (χ1) is 6.54. The third kappa shape index (κ3) is 6.10. The Balaban J connectivity index is 3.76. The summed E-state index contributed by atoms with van der Waals surface area (Å²) in [5, 5.41) is 0.962. The molecule has 0 rings (SSSR count). The van der Waals surface area contributed by atoms with Crippen LogP contribution in [-0.4, -0.2) is 22.2 Å². The lowest BCUT2D eigenvalue weighted by Gasteiger charge is -2.16. The van der Waals surface area contributed by atoms with E-state index in [0.717, 1.165) is 24.6 Å². The van der Waals surface area contributed by atoms with Crippen molar-refractivity contribution in [1.82, 2.24) is 0 Å². The first-order valence-corrected chi connectivity index (χ1v) is 6.53. The van der Waals surface area contributed by atoms with Crippen LogP contribution in [0.4, 0.5) is 0 Å². The van der Waals surface area contributed by atoms with E-state index in [0.29, 0.717) is 13.0 Å². The van der Waals surface area contributed by atoms with Gasteiger partial charge in [0.25, 0.3) is 0 Å². The highest BCUT2D eigenvalue weighted by Crippen LogP contribution is 2.29. The molecule has 0 heterocycles. The molecular formula is C9H15BrCl2O2. The molecule has 0 saturated heterocycles. The SMILES string of the molecule is CCOC(=O)C(Cl)(Cl)CCCCCBr. The van der Waals surface area contributed by atoms with Gasteiger partial charge in [-0.2, -0.15) is 0 Å². The van der Waals surface area contributed by atoms with Crippen LogP contribution in [0.15, 0.2) is 0 Å². The van der Waals surface area contributed by atoms with Crippen LogP contribution in [-0.2, 0) is 9.53 Å². The molecule has 0 aromatic carbocycles. The number of hydrogen-bond acceptors (Lipinski definition) is 2. The number of halogens is 3. The third-order valence-corrected chi connectivity index (χ3v) is 2.95. The number of carbonyl (C=O) groups is 1. The summed E-state index contributed by atoms with van der Waals surface area (Å²) in [6, 6.07) is 0. The zero-order chi connectivity index (χ0) is 11.0. The van der Waals surface area contributed by atoms with Crippen molar-refractivity contribution in [3.8, 4) is 0 Å². The van der Waals surface area contributed by atoms with Gasteiger partial charge in [-0.05, 0) is 26.2 Å². The fourth-order valence-corrected chi connectivity index (χ4v) is 1.73. The van der Waals surface area contributed by atoms with Crippen LogP contribution in [0.1, 0.15) is 32.6 Å². The minimum absolute atomic E-state index is 0.307. The van der Waals surface area contributed by atoms with Gasteiger partial charge in [0.1, 0.15) is 0 Å². The van der Waals surface area contributed by atoms with Gasteiger partial charge < -0.3 is 4.74 Å². The monoisotopic (exact) mass is 304 g/mol. The lowest BCUT2D eigenvalue weighted by molar-refractivity contribution is -0.144. The molecule has 0 aliphatic rings. The molecule has 84 valence electrons. The van der Waals surface area contributed by atoms with Crippen molar-refractivity contribution in [1.29, 1.82) is 0 Å². The van der Waals surface area contributed by atoms with Crippen LogP contribution in [0.25, 0.3) is 0 Å². The molecule has 0 N–H and O–H groups in total. The van der Waals surface area contributed by atoms with E-state index in [1.54, 1.807) is 6.92 Å². The van der Waals surface area contributed by atoms with Gasteiger partial charge in [-0.15, -0.1) is 0 Å². The number of esters is 1. The molecule has 0 radical (unpaired) electrons. The number of alkyl halides is 3. The molecule has 0 aliphatic carbocycles. The maximum atomic E-state index is 11.2. The standard InChI is InChI=1S/C9H15BrCl2O2/c1-2-14-8(13)9(11,12)6-4-3-5-7-10/h2-7H2,1H3. The Bertz CT molecular complexity index is 174. The van der Waals surface area contributed by atoms with Crippen LogP contribution < -0.4 is 0 Å². The summed E-state index contributed by atoms with van der Waals surface area (Å²) in [5.74, 6) is -0.540. The second-order valence-corrected chi connectivity index (χ2v) is 5.20. The lowest BCUT2D eigenvalue weighted by Crippen LogP contribution is -2.28. The van der Waals surface area contributed by atoms with Gasteiger partial charge in [0, 0.05) is 5.33 Å². The molecule has 0 saturated carbocycles. The van der Waals surface area contributed by atoms with E-state index in [9.17, 15) is 4.79 Å². The quantitative estimate of drug-likeness (QED) is 0.407. The Morgan fingerprint density at radius 1 is 1.36 bits per heavy atom. The average Bonchev–Trinajstić information content (AvgIpc) is 2.13. The molecule has 0 amide bonds. The fraction of sp³-hybridized carbons (Fsp3) is 0.889. The van der Waals surface area contributed by atoms with Gasteiger partial charge in [0.15, 0.2) is 0 Å². The molecule has 0 spiro atoms. The summed E-state index contributed by atoms with van der Waals surface area (Å²) >= 11 is 15.0. The number of ether oxygens (including phenoxy) is 1. The van der Waals surface area contributed by atoms with Crippen molar-refractivity contribution in [3.05, 3.63) is 0 Å². The first kappa shape index (κ1) is 14.5.